The fourth-order valence-corrected chi connectivity index (χ4v) is 1.27. The Labute approximate surface area is 111 Å². The van der Waals surface area contributed by atoms with Crippen molar-refractivity contribution in [3.05, 3.63) is 37.0 Å². The van der Waals surface area contributed by atoms with Gasteiger partial charge < -0.3 is 9.64 Å². The fraction of sp³-hybridized carbons (Fsp3) is 0.533. The lowest BCUT2D eigenvalue weighted by Crippen LogP contribution is -2.25. The predicted molar refractivity (Wildman–Crippen MR) is 76.5 cm³/mol. The van der Waals surface area contributed by atoms with E-state index in [0.29, 0.717) is 12.2 Å². The van der Waals surface area contributed by atoms with Crippen LogP contribution in [0.25, 0.3) is 0 Å². The summed E-state index contributed by atoms with van der Waals surface area (Å²) in [6, 6.07) is 0. The molecule has 0 aliphatic carbocycles. The van der Waals surface area contributed by atoms with E-state index in [-0.39, 0.29) is 5.97 Å². The van der Waals surface area contributed by atoms with Gasteiger partial charge >= 0.3 is 5.97 Å². The van der Waals surface area contributed by atoms with Gasteiger partial charge in [-0.1, -0.05) is 24.8 Å². The average Bonchev–Trinajstić information content (AvgIpc) is 2.33. The highest BCUT2D eigenvalue weighted by molar-refractivity contribution is 5.86. The number of allylic oxidation sites excluding steroid dienone is 2. The molecule has 0 aliphatic heterocycles. The molecule has 0 aliphatic rings. The van der Waals surface area contributed by atoms with Gasteiger partial charge in [-0.25, -0.2) is 4.79 Å². The summed E-state index contributed by atoms with van der Waals surface area (Å²) in [7, 11) is 2.02. The van der Waals surface area contributed by atoms with Gasteiger partial charge in [-0.15, -0.1) is 6.58 Å². The molecule has 18 heavy (non-hydrogen) atoms. The first-order valence-electron chi connectivity index (χ1n) is 6.35. The van der Waals surface area contributed by atoms with E-state index in [1.165, 1.54) is 0 Å². The smallest absolute Gasteiger partial charge is 0.333 e. The SMILES string of the molecule is C=CCC/C=C/CCN(C)CCOC(=O)C(=C)C. The molecule has 0 aromatic heterocycles. The number of unbranched alkanes of at least 4 members (excludes halogenated alkanes) is 1. The average molecular weight is 251 g/mol. The maximum absolute atomic E-state index is 11.1. The van der Waals surface area contributed by atoms with E-state index in [2.05, 4.69) is 30.2 Å². The highest BCUT2D eigenvalue weighted by Crippen LogP contribution is 1.96. The highest BCUT2D eigenvalue weighted by Gasteiger charge is 2.03. The van der Waals surface area contributed by atoms with Crippen molar-refractivity contribution < 1.29 is 9.53 Å². The van der Waals surface area contributed by atoms with E-state index in [9.17, 15) is 4.79 Å². The third kappa shape index (κ3) is 9.85. The summed E-state index contributed by atoms with van der Waals surface area (Å²) in [6.07, 6.45) is 9.39. The molecule has 0 aromatic carbocycles. The van der Waals surface area contributed by atoms with E-state index in [0.717, 1.165) is 32.4 Å². The van der Waals surface area contributed by atoms with Gasteiger partial charge in [0.15, 0.2) is 0 Å². The van der Waals surface area contributed by atoms with Crippen molar-refractivity contribution in [1.29, 1.82) is 0 Å². The summed E-state index contributed by atoms with van der Waals surface area (Å²) < 4.78 is 5.02. The maximum atomic E-state index is 11.1. The Balaban J connectivity index is 3.51. The van der Waals surface area contributed by atoms with Crippen LogP contribution < -0.4 is 0 Å². The lowest BCUT2D eigenvalue weighted by Gasteiger charge is -2.15. The lowest BCUT2D eigenvalue weighted by molar-refractivity contribution is -0.139. The second kappa shape index (κ2) is 10.8. The monoisotopic (exact) mass is 251 g/mol. The minimum absolute atomic E-state index is 0.312. The van der Waals surface area contributed by atoms with E-state index in [1.54, 1.807) is 6.92 Å². The second-order valence-corrected chi connectivity index (χ2v) is 4.35. The van der Waals surface area contributed by atoms with E-state index in [4.69, 9.17) is 4.74 Å². The normalized spacial score (nSPS) is 10.8. The Hall–Kier alpha value is -1.35. The van der Waals surface area contributed by atoms with Gasteiger partial charge in [0, 0.05) is 18.7 Å². The van der Waals surface area contributed by atoms with Crippen molar-refractivity contribution in [2.75, 3.05) is 26.7 Å². The molecule has 0 fully saturated rings. The van der Waals surface area contributed by atoms with Crippen molar-refractivity contribution in [2.45, 2.75) is 26.2 Å². The molecule has 0 atom stereocenters. The van der Waals surface area contributed by atoms with Crippen molar-refractivity contribution in [3.63, 3.8) is 0 Å². The van der Waals surface area contributed by atoms with E-state index >= 15 is 0 Å². The van der Waals surface area contributed by atoms with Crippen molar-refractivity contribution >= 4 is 5.97 Å². The molecule has 0 unspecified atom stereocenters. The van der Waals surface area contributed by atoms with Crippen LogP contribution in [0.15, 0.2) is 37.0 Å². The number of likely N-dealkylation sites (N-methyl/N-ethyl adjacent to an activating group) is 1. The van der Waals surface area contributed by atoms with Gasteiger partial charge in [0.2, 0.25) is 0 Å². The number of esters is 1. The summed E-state index contributed by atoms with van der Waals surface area (Å²) in [4.78, 5) is 13.3. The van der Waals surface area contributed by atoms with Gasteiger partial charge in [0.05, 0.1) is 0 Å². The predicted octanol–water partition coefficient (Wildman–Crippen LogP) is 2.95. The molecule has 0 spiro atoms. The van der Waals surface area contributed by atoms with E-state index in [1.807, 2.05) is 13.1 Å². The summed E-state index contributed by atoms with van der Waals surface area (Å²) in [5.74, 6) is -0.312. The van der Waals surface area contributed by atoms with Gasteiger partial charge in [-0.05, 0) is 33.2 Å². The third-order valence-corrected chi connectivity index (χ3v) is 2.44. The molecule has 0 saturated carbocycles. The molecule has 102 valence electrons. The first kappa shape index (κ1) is 16.6. The fourth-order valence-electron chi connectivity index (χ4n) is 1.27. The Morgan fingerprint density at radius 2 is 1.89 bits per heavy atom. The minimum Gasteiger partial charge on any atom is -0.461 e. The van der Waals surface area contributed by atoms with Crippen LogP contribution in [-0.2, 0) is 9.53 Å². The van der Waals surface area contributed by atoms with Crippen LogP contribution in [0, 0.1) is 0 Å². The topological polar surface area (TPSA) is 29.5 Å². The third-order valence-electron chi connectivity index (χ3n) is 2.44. The molecule has 0 radical (unpaired) electrons. The highest BCUT2D eigenvalue weighted by atomic mass is 16.5. The zero-order valence-electron chi connectivity index (χ0n) is 11.7. The summed E-state index contributed by atoms with van der Waals surface area (Å²) in [5, 5.41) is 0. The molecule has 0 amide bonds. The summed E-state index contributed by atoms with van der Waals surface area (Å²) in [5.41, 5.74) is 0.447. The van der Waals surface area contributed by atoms with Crippen molar-refractivity contribution in [1.82, 2.24) is 4.90 Å². The van der Waals surface area contributed by atoms with Crippen LogP contribution in [0.1, 0.15) is 26.2 Å². The van der Waals surface area contributed by atoms with Crippen LogP contribution in [0.4, 0.5) is 0 Å². The zero-order chi connectivity index (χ0) is 13.8. The van der Waals surface area contributed by atoms with Gasteiger partial charge in [0.1, 0.15) is 6.61 Å². The number of hydrogen-bond acceptors (Lipinski definition) is 3. The molecule has 0 heterocycles. The van der Waals surface area contributed by atoms with E-state index < -0.39 is 0 Å². The van der Waals surface area contributed by atoms with Gasteiger partial charge in [-0.2, -0.15) is 0 Å². The largest absolute Gasteiger partial charge is 0.461 e. The Bertz CT molecular complexity index is 295. The van der Waals surface area contributed by atoms with Gasteiger partial charge in [0.25, 0.3) is 0 Å². The lowest BCUT2D eigenvalue weighted by atomic mass is 10.2. The van der Waals surface area contributed by atoms with Crippen LogP contribution in [0.3, 0.4) is 0 Å². The maximum Gasteiger partial charge on any atom is 0.333 e. The molecular formula is C15H25NO2. The van der Waals surface area contributed by atoms with Crippen LogP contribution >= 0.6 is 0 Å². The number of carbonyl (C=O) groups excluding carboxylic acids is 1. The van der Waals surface area contributed by atoms with Gasteiger partial charge in [-0.3, -0.25) is 0 Å². The van der Waals surface area contributed by atoms with Crippen LogP contribution in [0.2, 0.25) is 0 Å². The van der Waals surface area contributed by atoms with Crippen LogP contribution in [-0.4, -0.2) is 37.6 Å². The number of ether oxygens (including phenoxy) is 1. The first-order chi connectivity index (χ1) is 8.57. The summed E-state index contributed by atoms with van der Waals surface area (Å²) in [6.45, 7) is 11.0. The Morgan fingerprint density at radius 3 is 2.50 bits per heavy atom. The number of hydrogen-bond donors (Lipinski definition) is 0. The Morgan fingerprint density at radius 1 is 1.22 bits per heavy atom. The molecule has 0 saturated heterocycles. The quantitative estimate of drug-likeness (QED) is 0.259. The molecule has 0 N–H and O–H groups in total. The molecular weight excluding hydrogens is 226 g/mol. The Kier molecular flexibility index (Phi) is 9.97. The second-order valence-electron chi connectivity index (χ2n) is 4.35. The number of carbonyl (C=O) groups is 1. The minimum atomic E-state index is -0.312. The molecule has 3 heteroatoms. The zero-order valence-corrected chi connectivity index (χ0v) is 11.7. The first-order valence-corrected chi connectivity index (χ1v) is 6.35. The molecule has 0 bridgehead atoms. The molecule has 3 nitrogen and oxygen atoms in total. The number of rotatable bonds is 10. The molecule has 0 rings (SSSR count). The number of nitrogens with zero attached hydrogens (tertiary/aromatic N) is 1. The van der Waals surface area contributed by atoms with Crippen LogP contribution in [0.5, 0.6) is 0 Å². The van der Waals surface area contributed by atoms with Crippen molar-refractivity contribution in [3.8, 4) is 0 Å². The standard InChI is InChI=1S/C15H25NO2/c1-5-6-7-8-9-10-11-16(4)12-13-18-15(17)14(2)3/h5,8-9H,1-2,6-7,10-13H2,3-4H3/b9-8+. The molecule has 0 aromatic rings. The van der Waals surface area contributed by atoms with Crippen molar-refractivity contribution in [2.24, 2.45) is 0 Å². The summed E-state index contributed by atoms with van der Waals surface area (Å²) >= 11 is 0.